The van der Waals surface area contributed by atoms with Crippen LogP contribution in [0, 0.1) is 12.8 Å². The maximum atomic E-state index is 12.9. The highest BCUT2D eigenvalue weighted by Crippen LogP contribution is 2.30. The van der Waals surface area contributed by atoms with Gasteiger partial charge in [0.1, 0.15) is 11.5 Å². The summed E-state index contributed by atoms with van der Waals surface area (Å²) in [6.07, 6.45) is 3.02. The molecule has 2 aromatic rings. The van der Waals surface area contributed by atoms with Crippen LogP contribution in [0.3, 0.4) is 0 Å². The molecule has 2 fully saturated rings. The molecule has 0 spiro atoms. The van der Waals surface area contributed by atoms with Gasteiger partial charge in [-0.2, -0.15) is 0 Å². The quantitative estimate of drug-likeness (QED) is 0.783. The summed E-state index contributed by atoms with van der Waals surface area (Å²) >= 11 is 0. The average Bonchev–Trinajstić information content (AvgIpc) is 3.10. The van der Waals surface area contributed by atoms with Crippen molar-refractivity contribution in [2.24, 2.45) is 5.92 Å². The molecule has 1 aromatic heterocycles. The molecule has 0 atom stereocenters. The van der Waals surface area contributed by atoms with Crippen LogP contribution in [0.1, 0.15) is 41.1 Å². The fraction of sp³-hybridized carbons (Fsp3) is 0.455. The van der Waals surface area contributed by atoms with Gasteiger partial charge in [0.2, 0.25) is 5.91 Å². The zero-order chi connectivity index (χ0) is 20.2. The van der Waals surface area contributed by atoms with Gasteiger partial charge in [0, 0.05) is 24.7 Å². The molecule has 2 aliphatic rings. The maximum absolute atomic E-state index is 12.9. The van der Waals surface area contributed by atoms with Gasteiger partial charge in [0.25, 0.3) is 5.91 Å². The molecule has 1 saturated carbocycles. The summed E-state index contributed by atoms with van der Waals surface area (Å²) in [5.41, 5.74) is 2.12. The number of benzene rings is 1. The summed E-state index contributed by atoms with van der Waals surface area (Å²) in [7, 11) is 0. The van der Waals surface area contributed by atoms with Gasteiger partial charge in [-0.05, 0) is 50.1 Å². The predicted molar refractivity (Wildman–Crippen MR) is 110 cm³/mol. The molecule has 2 N–H and O–H groups in total. The summed E-state index contributed by atoms with van der Waals surface area (Å²) in [6.45, 7) is 4.85. The first kappa shape index (κ1) is 19.5. The van der Waals surface area contributed by atoms with Gasteiger partial charge in [0.05, 0.1) is 31.0 Å². The van der Waals surface area contributed by atoms with E-state index in [1.807, 2.05) is 25.1 Å². The highest BCUT2D eigenvalue weighted by Gasteiger charge is 2.26. The highest BCUT2D eigenvalue weighted by molar-refractivity contribution is 6.01. The number of amides is 2. The van der Waals surface area contributed by atoms with Crippen molar-refractivity contribution in [2.45, 2.75) is 32.7 Å². The van der Waals surface area contributed by atoms with Crippen LogP contribution in [0.15, 0.2) is 34.7 Å². The number of hydrogen-bond acceptors (Lipinski definition) is 5. The Morgan fingerprint density at radius 1 is 1.14 bits per heavy atom. The fourth-order valence-corrected chi connectivity index (χ4v) is 3.62. The van der Waals surface area contributed by atoms with Crippen LogP contribution in [0.25, 0.3) is 0 Å². The van der Waals surface area contributed by atoms with Crippen LogP contribution in [0.5, 0.6) is 0 Å². The maximum Gasteiger partial charge on any atom is 0.253 e. The highest BCUT2D eigenvalue weighted by atomic mass is 16.5. The topological polar surface area (TPSA) is 83.8 Å². The smallest absolute Gasteiger partial charge is 0.253 e. The van der Waals surface area contributed by atoms with Crippen LogP contribution < -0.4 is 15.5 Å². The molecule has 1 saturated heterocycles. The zero-order valence-corrected chi connectivity index (χ0v) is 16.7. The fourth-order valence-electron chi connectivity index (χ4n) is 3.62. The lowest BCUT2D eigenvalue weighted by Crippen LogP contribution is -2.38. The van der Waals surface area contributed by atoms with Crippen molar-refractivity contribution in [1.29, 1.82) is 0 Å². The Bertz CT molecular complexity index is 882. The molecule has 154 valence electrons. The van der Waals surface area contributed by atoms with E-state index in [4.69, 9.17) is 9.15 Å². The summed E-state index contributed by atoms with van der Waals surface area (Å²) in [4.78, 5) is 27.3. The van der Waals surface area contributed by atoms with Gasteiger partial charge < -0.3 is 24.7 Å². The van der Waals surface area contributed by atoms with E-state index >= 15 is 0 Å². The first-order valence-corrected chi connectivity index (χ1v) is 10.2. The van der Waals surface area contributed by atoms with Crippen LogP contribution in [0.2, 0.25) is 0 Å². The summed E-state index contributed by atoms with van der Waals surface area (Å²) in [6, 6.07) is 9.21. The van der Waals surface area contributed by atoms with Gasteiger partial charge in [-0.3, -0.25) is 9.59 Å². The van der Waals surface area contributed by atoms with Gasteiger partial charge in [-0.25, -0.2) is 0 Å². The first-order valence-electron chi connectivity index (χ1n) is 10.2. The number of carbonyl (C=O) groups excluding carboxylic acids is 2. The molecule has 2 heterocycles. The molecule has 2 amide bonds. The van der Waals surface area contributed by atoms with E-state index in [1.165, 1.54) is 0 Å². The van der Waals surface area contributed by atoms with Crippen LogP contribution in [-0.2, 0) is 16.1 Å². The normalized spacial score (nSPS) is 16.9. The Kier molecular flexibility index (Phi) is 5.85. The van der Waals surface area contributed by atoms with Crippen LogP contribution >= 0.6 is 0 Å². The van der Waals surface area contributed by atoms with Crippen LogP contribution in [0.4, 0.5) is 11.4 Å². The molecule has 7 heteroatoms. The van der Waals surface area contributed by atoms with Gasteiger partial charge in [0.15, 0.2) is 0 Å². The Morgan fingerprint density at radius 2 is 1.93 bits per heavy atom. The van der Waals surface area contributed by atoms with Crippen molar-refractivity contribution in [1.82, 2.24) is 5.32 Å². The van der Waals surface area contributed by atoms with Gasteiger partial charge in [-0.1, -0.05) is 6.42 Å². The molecule has 29 heavy (non-hydrogen) atoms. The van der Waals surface area contributed by atoms with Crippen molar-refractivity contribution in [2.75, 3.05) is 36.5 Å². The third kappa shape index (κ3) is 4.62. The molecule has 0 bridgehead atoms. The van der Waals surface area contributed by atoms with E-state index in [1.54, 1.807) is 12.1 Å². The van der Waals surface area contributed by atoms with Crippen molar-refractivity contribution in [3.05, 3.63) is 47.4 Å². The number of anilines is 2. The molecular formula is C22H27N3O4. The third-order valence-corrected chi connectivity index (χ3v) is 5.56. The lowest BCUT2D eigenvalue weighted by molar-refractivity contribution is -0.122. The number of furan rings is 1. The van der Waals surface area contributed by atoms with E-state index in [0.29, 0.717) is 44.2 Å². The van der Waals surface area contributed by atoms with Crippen molar-refractivity contribution in [3.63, 3.8) is 0 Å². The largest absolute Gasteiger partial charge is 0.465 e. The number of hydrogen-bond donors (Lipinski definition) is 2. The lowest BCUT2D eigenvalue weighted by Gasteiger charge is -2.31. The van der Waals surface area contributed by atoms with E-state index in [0.717, 1.165) is 36.4 Å². The second-order valence-corrected chi connectivity index (χ2v) is 7.64. The van der Waals surface area contributed by atoms with E-state index in [2.05, 4.69) is 15.5 Å². The van der Waals surface area contributed by atoms with E-state index in [-0.39, 0.29) is 17.7 Å². The third-order valence-electron chi connectivity index (χ3n) is 5.56. The second kappa shape index (κ2) is 8.69. The number of rotatable bonds is 6. The monoisotopic (exact) mass is 397 g/mol. The number of carbonyl (C=O) groups is 2. The Labute approximate surface area is 170 Å². The molecule has 1 aromatic carbocycles. The van der Waals surface area contributed by atoms with E-state index in [9.17, 15) is 9.59 Å². The minimum absolute atomic E-state index is 0.0644. The molecule has 1 aliphatic carbocycles. The van der Waals surface area contributed by atoms with Crippen molar-refractivity contribution >= 4 is 23.2 Å². The number of nitrogens with one attached hydrogen (secondary N) is 2. The summed E-state index contributed by atoms with van der Waals surface area (Å²) in [5, 5.41) is 5.93. The Hall–Kier alpha value is -2.80. The zero-order valence-electron chi connectivity index (χ0n) is 16.7. The molecule has 7 nitrogen and oxygen atoms in total. The lowest BCUT2D eigenvalue weighted by atomic mass is 9.85. The van der Waals surface area contributed by atoms with Crippen LogP contribution in [-0.4, -0.2) is 38.1 Å². The molecule has 4 rings (SSSR count). The van der Waals surface area contributed by atoms with E-state index < -0.39 is 0 Å². The number of morpholine rings is 1. The van der Waals surface area contributed by atoms with Gasteiger partial charge in [-0.15, -0.1) is 0 Å². The Balaban J connectivity index is 1.52. The minimum Gasteiger partial charge on any atom is -0.465 e. The molecule has 1 aliphatic heterocycles. The predicted octanol–water partition coefficient (Wildman–Crippen LogP) is 3.09. The number of ether oxygens (including phenoxy) is 1. The molecular weight excluding hydrogens is 370 g/mol. The SMILES string of the molecule is Cc1ccc(CNC(=O)c2ccc(NC(=O)C3CCC3)cc2N2CCOCC2)o1. The molecule has 0 radical (unpaired) electrons. The van der Waals surface area contributed by atoms with Gasteiger partial charge >= 0.3 is 0 Å². The molecule has 0 unspecified atom stereocenters. The number of aryl methyl sites for hydroxylation is 1. The average molecular weight is 397 g/mol. The summed E-state index contributed by atoms with van der Waals surface area (Å²) < 4.78 is 11.0. The van der Waals surface area contributed by atoms with Crippen molar-refractivity contribution in [3.8, 4) is 0 Å². The standard InChI is InChI=1S/C22H27N3O4/c1-15-5-7-18(29-15)14-23-22(27)19-8-6-17(24-21(26)16-3-2-4-16)13-20(19)25-9-11-28-12-10-25/h5-8,13,16H,2-4,9-12,14H2,1H3,(H,23,27)(H,24,26). The summed E-state index contributed by atoms with van der Waals surface area (Å²) in [5.74, 6) is 1.54. The van der Waals surface area contributed by atoms with Crippen molar-refractivity contribution < 1.29 is 18.7 Å². The minimum atomic E-state index is -0.169. The number of nitrogens with zero attached hydrogens (tertiary/aromatic N) is 1. The second-order valence-electron chi connectivity index (χ2n) is 7.64. The first-order chi connectivity index (χ1) is 14.1. The Morgan fingerprint density at radius 3 is 2.59 bits per heavy atom.